The monoisotopic (exact) mass is 340 g/mol. The SMILES string of the molecule is O=S(=O)(OCC(Cl)(Cl)Cl)Oc1c(F)cccc1F. The summed E-state index contributed by atoms with van der Waals surface area (Å²) in [5.41, 5.74) is 0. The van der Waals surface area contributed by atoms with Crippen molar-refractivity contribution in [2.45, 2.75) is 3.79 Å². The van der Waals surface area contributed by atoms with Gasteiger partial charge in [-0.1, -0.05) is 40.9 Å². The Morgan fingerprint density at radius 1 is 1.17 bits per heavy atom. The van der Waals surface area contributed by atoms with Crippen molar-refractivity contribution in [2.24, 2.45) is 0 Å². The van der Waals surface area contributed by atoms with E-state index in [1.54, 1.807) is 0 Å². The minimum atomic E-state index is -4.75. The first-order chi connectivity index (χ1) is 8.11. The zero-order chi connectivity index (χ0) is 14.0. The number of halogens is 5. The molecular formula is C8H5Cl3F2O4S. The van der Waals surface area contributed by atoms with E-state index in [1.807, 2.05) is 0 Å². The highest BCUT2D eigenvalue weighted by atomic mass is 35.6. The van der Waals surface area contributed by atoms with E-state index in [0.717, 1.165) is 18.2 Å². The molecule has 0 bridgehead atoms. The van der Waals surface area contributed by atoms with E-state index in [4.69, 9.17) is 34.8 Å². The number of hydrogen-bond donors (Lipinski definition) is 0. The predicted octanol–water partition coefficient (Wildman–Crippen LogP) is 2.98. The molecule has 0 amide bonds. The number of benzene rings is 1. The summed E-state index contributed by atoms with van der Waals surface area (Å²) in [6.07, 6.45) is 0. The highest BCUT2D eigenvalue weighted by Crippen LogP contribution is 2.28. The molecule has 0 aliphatic heterocycles. The van der Waals surface area contributed by atoms with Gasteiger partial charge in [0.15, 0.2) is 11.6 Å². The molecule has 1 aromatic carbocycles. The lowest BCUT2D eigenvalue weighted by molar-refractivity contribution is 0.272. The highest BCUT2D eigenvalue weighted by molar-refractivity contribution is 7.82. The van der Waals surface area contributed by atoms with E-state index in [-0.39, 0.29) is 0 Å². The van der Waals surface area contributed by atoms with Gasteiger partial charge >= 0.3 is 10.4 Å². The predicted molar refractivity (Wildman–Crippen MR) is 62.1 cm³/mol. The summed E-state index contributed by atoms with van der Waals surface area (Å²) in [7, 11) is -4.75. The smallest absolute Gasteiger partial charge is 0.355 e. The third-order valence-corrected chi connectivity index (χ3v) is 2.58. The van der Waals surface area contributed by atoms with Gasteiger partial charge in [0, 0.05) is 0 Å². The Morgan fingerprint density at radius 2 is 1.67 bits per heavy atom. The Morgan fingerprint density at radius 3 is 2.11 bits per heavy atom. The van der Waals surface area contributed by atoms with Crippen LogP contribution in [0.15, 0.2) is 18.2 Å². The lowest BCUT2D eigenvalue weighted by Crippen LogP contribution is -2.21. The molecule has 0 saturated heterocycles. The second-order valence-electron chi connectivity index (χ2n) is 2.92. The van der Waals surface area contributed by atoms with Crippen LogP contribution in [0.3, 0.4) is 0 Å². The molecule has 0 radical (unpaired) electrons. The van der Waals surface area contributed by atoms with Crippen molar-refractivity contribution < 1.29 is 25.6 Å². The molecule has 0 aliphatic carbocycles. The second kappa shape index (κ2) is 5.75. The van der Waals surface area contributed by atoms with Gasteiger partial charge in [0.05, 0.1) is 0 Å². The topological polar surface area (TPSA) is 52.6 Å². The van der Waals surface area contributed by atoms with Gasteiger partial charge < -0.3 is 4.18 Å². The third kappa shape index (κ3) is 5.11. The van der Waals surface area contributed by atoms with Gasteiger partial charge in [0.25, 0.3) is 0 Å². The lowest BCUT2D eigenvalue weighted by Gasteiger charge is -2.12. The summed E-state index contributed by atoms with van der Waals surface area (Å²) in [5, 5.41) is 0. The fourth-order valence-electron chi connectivity index (χ4n) is 0.827. The van der Waals surface area contributed by atoms with Crippen molar-refractivity contribution in [3.63, 3.8) is 0 Å². The molecular weight excluding hydrogens is 337 g/mol. The van der Waals surface area contributed by atoms with Crippen LogP contribution in [-0.2, 0) is 14.6 Å². The van der Waals surface area contributed by atoms with Gasteiger partial charge in [-0.05, 0) is 12.1 Å². The Kier molecular flexibility index (Phi) is 5.02. The van der Waals surface area contributed by atoms with Crippen molar-refractivity contribution in [1.29, 1.82) is 0 Å². The van der Waals surface area contributed by atoms with Gasteiger partial charge in [0.2, 0.25) is 9.54 Å². The Hall–Kier alpha value is -0.340. The quantitative estimate of drug-likeness (QED) is 0.790. The largest absolute Gasteiger partial charge is 0.449 e. The van der Waals surface area contributed by atoms with Crippen LogP contribution in [0.1, 0.15) is 0 Å². The third-order valence-electron chi connectivity index (χ3n) is 1.47. The van der Waals surface area contributed by atoms with Gasteiger partial charge in [-0.15, -0.1) is 0 Å². The maximum absolute atomic E-state index is 13.1. The highest BCUT2D eigenvalue weighted by Gasteiger charge is 2.27. The summed E-state index contributed by atoms with van der Waals surface area (Å²) >= 11 is 15.7. The summed E-state index contributed by atoms with van der Waals surface area (Å²) < 4.78 is 54.8. The minimum absolute atomic E-state index is 0.808. The van der Waals surface area contributed by atoms with E-state index in [2.05, 4.69) is 8.37 Å². The number of para-hydroxylation sites is 1. The summed E-state index contributed by atoms with van der Waals surface area (Å²) in [6, 6.07) is 2.65. The molecule has 0 heterocycles. The van der Waals surface area contributed by atoms with Gasteiger partial charge in [-0.2, -0.15) is 8.42 Å². The maximum atomic E-state index is 13.1. The van der Waals surface area contributed by atoms with Gasteiger partial charge in [0.1, 0.15) is 6.61 Å². The zero-order valence-electron chi connectivity index (χ0n) is 8.37. The van der Waals surface area contributed by atoms with Crippen molar-refractivity contribution in [2.75, 3.05) is 6.61 Å². The van der Waals surface area contributed by atoms with Gasteiger partial charge in [-0.3, -0.25) is 0 Å². The number of alkyl halides is 3. The van der Waals surface area contributed by atoms with Crippen LogP contribution in [0.5, 0.6) is 5.75 Å². The number of hydrogen-bond acceptors (Lipinski definition) is 4. The van der Waals surface area contributed by atoms with E-state index in [9.17, 15) is 17.2 Å². The molecule has 0 aliphatic rings. The van der Waals surface area contributed by atoms with Crippen LogP contribution in [0.4, 0.5) is 8.78 Å². The van der Waals surface area contributed by atoms with Crippen LogP contribution in [0.2, 0.25) is 0 Å². The van der Waals surface area contributed by atoms with Crippen molar-refractivity contribution in [1.82, 2.24) is 0 Å². The molecule has 0 aromatic heterocycles. The first kappa shape index (κ1) is 15.7. The molecule has 10 heteroatoms. The summed E-state index contributed by atoms with van der Waals surface area (Å²) in [5.74, 6) is -3.55. The van der Waals surface area contributed by atoms with Crippen LogP contribution in [0, 0.1) is 11.6 Å². The maximum Gasteiger partial charge on any atom is 0.449 e. The normalized spacial score (nSPS) is 12.5. The fraction of sp³-hybridized carbons (Fsp3) is 0.250. The Labute approximate surface area is 117 Å². The van der Waals surface area contributed by atoms with Crippen molar-refractivity contribution >= 4 is 45.2 Å². The molecule has 0 N–H and O–H groups in total. The Balaban J connectivity index is 2.84. The average Bonchev–Trinajstić information content (AvgIpc) is 2.20. The van der Waals surface area contributed by atoms with E-state index >= 15 is 0 Å². The standard InChI is InChI=1S/C8H5Cl3F2O4S/c9-8(10,11)4-16-18(14,15)17-7-5(12)2-1-3-6(7)13/h1-3H,4H2. The fourth-order valence-corrected chi connectivity index (χ4v) is 1.92. The molecule has 0 unspecified atom stereocenters. The van der Waals surface area contributed by atoms with Crippen molar-refractivity contribution in [3.8, 4) is 5.75 Å². The molecule has 0 fully saturated rings. The second-order valence-corrected chi connectivity index (χ2v) is 6.65. The van der Waals surface area contributed by atoms with Crippen LogP contribution in [-0.4, -0.2) is 18.8 Å². The van der Waals surface area contributed by atoms with E-state index in [0.29, 0.717) is 0 Å². The van der Waals surface area contributed by atoms with Crippen LogP contribution in [0.25, 0.3) is 0 Å². The Bertz CT molecular complexity index is 509. The first-order valence-corrected chi connectivity index (χ1v) is 6.67. The molecule has 0 atom stereocenters. The van der Waals surface area contributed by atoms with Crippen molar-refractivity contribution in [3.05, 3.63) is 29.8 Å². The first-order valence-electron chi connectivity index (χ1n) is 4.20. The van der Waals surface area contributed by atoms with Crippen LogP contribution < -0.4 is 4.18 Å². The molecule has 18 heavy (non-hydrogen) atoms. The lowest BCUT2D eigenvalue weighted by atomic mass is 10.3. The van der Waals surface area contributed by atoms with E-state index < -0.39 is 38.2 Å². The summed E-state index contributed by atoms with van der Waals surface area (Å²) in [4.78, 5) is 0. The molecule has 102 valence electrons. The van der Waals surface area contributed by atoms with E-state index in [1.165, 1.54) is 0 Å². The minimum Gasteiger partial charge on any atom is -0.355 e. The molecule has 1 aromatic rings. The molecule has 0 spiro atoms. The van der Waals surface area contributed by atoms with Crippen LogP contribution >= 0.6 is 34.8 Å². The zero-order valence-corrected chi connectivity index (χ0v) is 11.5. The molecule has 4 nitrogen and oxygen atoms in total. The number of rotatable bonds is 4. The summed E-state index contributed by atoms with van der Waals surface area (Å²) in [6.45, 7) is -0.865. The average molecular weight is 342 g/mol. The molecule has 0 saturated carbocycles. The van der Waals surface area contributed by atoms with Gasteiger partial charge in [-0.25, -0.2) is 13.0 Å². The molecule has 1 rings (SSSR count).